The Hall–Kier alpha value is -1.59. The second-order valence-corrected chi connectivity index (χ2v) is 7.20. The molecule has 0 saturated carbocycles. The molecule has 1 amide bonds. The zero-order valence-electron chi connectivity index (χ0n) is 15.5. The molecular weight excluding hydrogens is 314 g/mol. The first kappa shape index (κ1) is 18.2. The molecule has 5 nitrogen and oxygen atoms in total. The van der Waals surface area contributed by atoms with Crippen LogP contribution in [0, 0.1) is 0 Å². The van der Waals surface area contributed by atoms with E-state index in [1.54, 1.807) is 7.11 Å². The predicted octanol–water partition coefficient (Wildman–Crippen LogP) is 2.22. The van der Waals surface area contributed by atoms with Gasteiger partial charge in [-0.1, -0.05) is 25.0 Å². The quantitative estimate of drug-likeness (QED) is 0.820. The van der Waals surface area contributed by atoms with Gasteiger partial charge in [0.1, 0.15) is 5.75 Å². The summed E-state index contributed by atoms with van der Waals surface area (Å²) in [5.74, 6) is 1.24. The number of rotatable bonds is 5. The fourth-order valence-electron chi connectivity index (χ4n) is 3.75. The van der Waals surface area contributed by atoms with Crippen molar-refractivity contribution in [2.75, 3.05) is 52.9 Å². The molecule has 1 aromatic carbocycles. The highest BCUT2D eigenvalue weighted by atomic mass is 16.5. The summed E-state index contributed by atoms with van der Waals surface area (Å²) in [4.78, 5) is 19.4. The molecule has 0 spiro atoms. The monoisotopic (exact) mass is 345 g/mol. The molecule has 138 valence electrons. The number of piperazine rings is 1. The molecule has 2 heterocycles. The maximum atomic E-state index is 12.5. The van der Waals surface area contributed by atoms with Crippen molar-refractivity contribution in [2.45, 2.75) is 32.2 Å². The number of carbonyl (C=O) groups excluding carboxylic acids is 1. The number of nitrogens with zero attached hydrogens (tertiary/aromatic N) is 3. The van der Waals surface area contributed by atoms with E-state index in [2.05, 4.69) is 26.8 Å². The van der Waals surface area contributed by atoms with Crippen LogP contribution in [0.4, 0.5) is 0 Å². The number of ether oxygens (including phenoxy) is 1. The standard InChI is InChI=1S/C20H31N3O2/c1-25-19-8-6-7-18(15-19)16-21-11-13-22(14-12-21)17-20(24)23-9-4-2-3-5-10-23/h6-8,15H,2-5,9-14,16-17H2,1H3. The Balaban J connectivity index is 1.42. The van der Waals surface area contributed by atoms with E-state index in [1.165, 1.54) is 31.2 Å². The number of carbonyl (C=O) groups is 1. The van der Waals surface area contributed by atoms with Crippen molar-refractivity contribution >= 4 is 5.91 Å². The Kier molecular flexibility index (Phi) is 6.70. The molecule has 0 atom stereocenters. The molecule has 0 unspecified atom stereocenters. The number of likely N-dealkylation sites (tertiary alicyclic amines) is 1. The molecule has 0 aliphatic carbocycles. The minimum absolute atomic E-state index is 0.322. The van der Waals surface area contributed by atoms with Crippen molar-refractivity contribution in [3.05, 3.63) is 29.8 Å². The van der Waals surface area contributed by atoms with Gasteiger partial charge >= 0.3 is 0 Å². The van der Waals surface area contributed by atoms with Crippen molar-refractivity contribution in [3.63, 3.8) is 0 Å². The van der Waals surface area contributed by atoms with Crippen LogP contribution in [-0.4, -0.2) is 73.5 Å². The first-order chi connectivity index (χ1) is 12.2. The molecule has 0 radical (unpaired) electrons. The van der Waals surface area contributed by atoms with Gasteiger partial charge in [-0.25, -0.2) is 0 Å². The normalized spacial score (nSPS) is 20.3. The maximum Gasteiger partial charge on any atom is 0.236 e. The largest absolute Gasteiger partial charge is 0.497 e. The van der Waals surface area contributed by atoms with Gasteiger partial charge in [0.2, 0.25) is 5.91 Å². The Morgan fingerprint density at radius 3 is 2.32 bits per heavy atom. The van der Waals surface area contributed by atoms with E-state index >= 15 is 0 Å². The lowest BCUT2D eigenvalue weighted by atomic mass is 10.2. The zero-order chi connectivity index (χ0) is 17.5. The van der Waals surface area contributed by atoms with Crippen LogP contribution in [0.1, 0.15) is 31.2 Å². The van der Waals surface area contributed by atoms with Crippen molar-refractivity contribution in [3.8, 4) is 5.75 Å². The lowest BCUT2D eigenvalue weighted by molar-refractivity contribution is -0.132. The Morgan fingerprint density at radius 2 is 1.64 bits per heavy atom. The van der Waals surface area contributed by atoms with E-state index in [0.29, 0.717) is 12.5 Å². The van der Waals surface area contributed by atoms with Crippen LogP contribution in [0.3, 0.4) is 0 Å². The number of hydrogen-bond donors (Lipinski definition) is 0. The van der Waals surface area contributed by atoms with Gasteiger partial charge in [0, 0.05) is 45.8 Å². The van der Waals surface area contributed by atoms with Gasteiger partial charge in [-0.2, -0.15) is 0 Å². The molecule has 2 aliphatic heterocycles. The smallest absolute Gasteiger partial charge is 0.236 e. The first-order valence-corrected chi connectivity index (χ1v) is 9.60. The molecule has 2 saturated heterocycles. The first-order valence-electron chi connectivity index (χ1n) is 9.60. The number of benzene rings is 1. The summed E-state index contributed by atoms with van der Waals surface area (Å²) in [5, 5.41) is 0. The molecule has 2 fully saturated rings. The molecule has 5 heteroatoms. The van der Waals surface area contributed by atoms with Crippen LogP contribution < -0.4 is 4.74 Å². The van der Waals surface area contributed by atoms with Gasteiger partial charge in [0.15, 0.2) is 0 Å². The SMILES string of the molecule is COc1cccc(CN2CCN(CC(=O)N3CCCCCC3)CC2)c1. The zero-order valence-corrected chi connectivity index (χ0v) is 15.5. The van der Waals surface area contributed by atoms with Crippen LogP contribution in [0.25, 0.3) is 0 Å². The third-order valence-electron chi connectivity index (χ3n) is 5.32. The van der Waals surface area contributed by atoms with Crippen LogP contribution in [0.5, 0.6) is 5.75 Å². The Bertz CT molecular complexity index is 548. The Labute approximate surface area is 151 Å². The summed E-state index contributed by atoms with van der Waals surface area (Å²) in [6.45, 7) is 7.43. The maximum absolute atomic E-state index is 12.5. The highest BCUT2D eigenvalue weighted by Crippen LogP contribution is 2.16. The molecule has 2 aliphatic rings. The highest BCUT2D eigenvalue weighted by molar-refractivity contribution is 5.78. The average molecular weight is 345 g/mol. The van der Waals surface area contributed by atoms with Crippen molar-refractivity contribution in [1.29, 1.82) is 0 Å². The topological polar surface area (TPSA) is 36.0 Å². The average Bonchev–Trinajstić information content (AvgIpc) is 2.93. The van der Waals surface area contributed by atoms with Crippen LogP contribution in [0.15, 0.2) is 24.3 Å². The van der Waals surface area contributed by atoms with Crippen LogP contribution in [0.2, 0.25) is 0 Å². The third kappa shape index (κ3) is 5.44. The second-order valence-electron chi connectivity index (χ2n) is 7.20. The lowest BCUT2D eigenvalue weighted by Crippen LogP contribution is -2.49. The van der Waals surface area contributed by atoms with Gasteiger partial charge in [-0.3, -0.25) is 14.6 Å². The van der Waals surface area contributed by atoms with E-state index in [9.17, 15) is 4.79 Å². The summed E-state index contributed by atoms with van der Waals surface area (Å²) in [6.07, 6.45) is 4.87. The van der Waals surface area contributed by atoms with Gasteiger partial charge in [0.05, 0.1) is 13.7 Å². The van der Waals surface area contributed by atoms with Crippen LogP contribution >= 0.6 is 0 Å². The van der Waals surface area contributed by atoms with Crippen molar-refractivity contribution in [2.24, 2.45) is 0 Å². The third-order valence-corrected chi connectivity index (χ3v) is 5.32. The molecule has 0 N–H and O–H groups in total. The molecule has 0 aromatic heterocycles. The van der Waals surface area contributed by atoms with E-state index < -0.39 is 0 Å². The molecule has 1 aromatic rings. The van der Waals surface area contributed by atoms with E-state index in [0.717, 1.165) is 51.6 Å². The van der Waals surface area contributed by atoms with E-state index in [-0.39, 0.29) is 0 Å². The van der Waals surface area contributed by atoms with Crippen molar-refractivity contribution in [1.82, 2.24) is 14.7 Å². The summed E-state index contributed by atoms with van der Waals surface area (Å²) in [6, 6.07) is 8.28. The van der Waals surface area contributed by atoms with Gasteiger partial charge in [0.25, 0.3) is 0 Å². The molecule has 25 heavy (non-hydrogen) atoms. The summed E-state index contributed by atoms with van der Waals surface area (Å²) in [7, 11) is 1.71. The number of amides is 1. The predicted molar refractivity (Wildman–Crippen MR) is 99.8 cm³/mol. The van der Waals surface area contributed by atoms with Crippen molar-refractivity contribution < 1.29 is 9.53 Å². The molecular formula is C20H31N3O2. The second kappa shape index (κ2) is 9.20. The molecule has 3 rings (SSSR count). The summed E-state index contributed by atoms with van der Waals surface area (Å²) < 4.78 is 5.30. The van der Waals surface area contributed by atoms with E-state index in [4.69, 9.17) is 4.74 Å². The number of hydrogen-bond acceptors (Lipinski definition) is 4. The minimum Gasteiger partial charge on any atom is -0.497 e. The molecule has 0 bridgehead atoms. The van der Waals surface area contributed by atoms with E-state index in [1.807, 2.05) is 12.1 Å². The minimum atomic E-state index is 0.322. The lowest BCUT2D eigenvalue weighted by Gasteiger charge is -2.35. The van der Waals surface area contributed by atoms with Gasteiger partial charge < -0.3 is 9.64 Å². The Morgan fingerprint density at radius 1 is 0.960 bits per heavy atom. The fraction of sp³-hybridized carbons (Fsp3) is 0.650. The van der Waals surface area contributed by atoms with Crippen LogP contribution in [-0.2, 0) is 11.3 Å². The van der Waals surface area contributed by atoms with Gasteiger partial charge in [-0.05, 0) is 30.5 Å². The highest BCUT2D eigenvalue weighted by Gasteiger charge is 2.22. The summed E-state index contributed by atoms with van der Waals surface area (Å²) in [5.41, 5.74) is 1.29. The van der Waals surface area contributed by atoms with Gasteiger partial charge in [-0.15, -0.1) is 0 Å². The fourth-order valence-corrected chi connectivity index (χ4v) is 3.75. The summed E-state index contributed by atoms with van der Waals surface area (Å²) >= 11 is 0. The number of methoxy groups -OCH3 is 1.